The second-order valence-electron chi connectivity index (χ2n) is 3.15. The number of amides is 1. The van der Waals surface area contributed by atoms with Crippen molar-refractivity contribution in [2.45, 2.75) is 0 Å². The average molecular weight is 215 g/mol. The molecule has 2 heterocycles. The van der Waals surface area contributed by atoms with Gasteiger partial charge in [-0.2, -0.15) is 0 Å². The van der Waals surface area contributed by atoms with E-state index in [1.54, 1.807) is 17.0 Å². The molecule has 4 nitrogen and oxygen atoms in total. The van der Waals surface area contributed by atoms with E-state index < -0.39 is 0 Å². The summed E-state index contributed by atoms with van der Waals surface area (Å²) in [5.74, 6) is 0.232. The molecule has 76 valence electrons. The fourth-order valence-corrected chi connectivity index (χ4v) is 1.60. The second-order valence-corrected chi connectivity index (χ2v) is 3.52. The third-order valence-electron chi connectivity index (χ3n) is 2.19. The van der Waals surface area contributed by atoms with E-state index in [4.69, 9.17) is 16.0 Å². The van der Waals surface area contributed by atoms with Crippen molar-refractivity contribution in [1.29, 1.82) is 0 Å². The number of carbonyl (C=O) groups is 1. The second kappa shape index (κ2) is 4.02. The Bertz CT molecular complexity index is 331. The van der Waals surface area contributed by atoms with E-state index in [0.29, 0.717) is 5.76 Å². The lowest BCUT2D eigenvalue weighted by Crippen LogP contribution is -2.46. The van der Waals surface area contributed by atoms with Gasteiger partial charge in [0.15, 0.2) is 11.0 Å². The van der Waals surface area contributed by atoms with E-state index in [-0.39, 0.29) is 11.1 Å². The zero-order valence-electron chi connectivity index (χ0n) is 7.62. The molecule has 1 aliphatic heterocycles. The molecule has 1 aromatic heterocycles. The first-order valence-electron chi connectivity index (χ1n) is 4.53. The highest BCUT2D eigenvalue weighted by molar-refractivity contribution is 6.29. The molecule has 1 aliphatic rings. The van der Waals surface area contributed by atoms with Crippen LogP contribution in [0.4, 0.5) is 0 Å². The summed E-state index contributed by atoms with van der Waals surface area (Å²) in [6, 6.07) is 3.18. The van der Waals surface area contributed by atoms with E-state index >= 15 is 0 Å². The van der Waals surface area contributed by atoms with Crippen LogP contribution in [0, 0.1) is 0 Å². The molecule has 5 heteroatoms. The predicted molar refractivity (Wildman–Crippen MR) is 52.5 cm³/mol. The molecule has 0 radical (unpaired) electrons. The van der Waals surface area contributed by atoms with Crippen molar-refractivity contribution in [2.75, 3.05) is 26.2 Å². The Morgan fingerprint density at radius 3 is 2.71 bits per heavy atom. The van der Waals surface area contributed by atoms with Crippen LogP contribution in [0.1, 0.15) is 10.6 Å². The molecular formula is C9H11ClN2O2. The summed E-state index contributed by atoms with van der Waals surface area (Å²) in [5.41, 5.74) is 0. The average Bonchev–Trinajstić information content (AvgIpc) is 2.65. The SMILES string of the molecule is O=C(c1ccc(Cl)o1)N1CCNCC1. The first-order chi connectivity index (χ1) is 6.77. The van der Waals surface area contributed by atoms with Crippen LogP contribution < -0.4 is 5.32 Å². The molecule has 14 heavy (non-hydrogen) atoms. The van der Waals surface area contributed by atoms with Gasteiger partial charge in [-0.3, -0.25) is 4.79 Å². The molecule has 1 N–H and O–H groups in total. The Labute approximate surface area is 86.8 Å². The summed E-state index contributed by atoms with van der Waals surface area (Å²) >= 11 is 5.59. The Kier molecular flexibility index (Phi) is 2.74. The Balaban J connectivity index is 2.07. The minimum atomic E-state index is -0.0848. The summed E-state index contributed by atoms with van der Waals surface area (Å²) in [6.45, 7) is 3.11. The standard InChI is InChI=1S/C9H11ClN2O2/c10-8-2-1-7(14-8)9(13)12-5-3-11-4-6-12/h1-2,11H,3-6H2. The summed E-state index contributed by atoms with van der Waals surface area (Å²) in [7, 11) is 0. The molecule has 0 spiro atoms. The molecule has 0 saturated carbocycles. The number of nitrogens with one attached hydrogen (secondary N) is 1. The zero-order chi connectivity index (χ0) is 9.97. The van der Waals surface area contributed by atoms with Crippen LogP contribution in [-0.4, -0.2) is 37.0 Å². The summed E-state index contributed by atoms with van der Waals surface area (Å²) in [4.78, 5) is 13.5. The van der Waals surface area contributed by atoms with Gasteiger partial charge < -0.3 is 14.6 Å². The summed E-state index contributed by atoms with van der Waals surface area (Å²) < 4.78 is 5.05. The Morgan fingerprint density at radius 2 is 2.14 bits per heavy atom. The first-order valence-corrected chi connectivity index (χ1v) is 4.90. The lowest BCUT2D eigenvalue weighted by molar-refractivity contribution is 0.0704. The highest BCUT2D eigenvalue weighted by atomic mass is 35.5. The number of rotatable bonds is 1. The normalized spacial score (nSPS) is 17.1. The van der Waals surface area contributed by atoms with Gasteiger partial charge >= 0.3 is 0 Å². The van der Waals surface area contributed by atoms with E-state index in [1.165, 1.54) is 0 Å². The fourth-order valence-electron chi connectivity index (χ4n) is 1.45. The van der Waals surface area contributed by atoms with E-state index in [2.05, 4.69) is 5.32 Å². The quantitative estimate of drug-likeness (QED) is 0.758. The van der Waals surface area contributed by atoms with Gasteiger partial charge in [-0.05, 0) is 23.7 Å². The number of piperazine rings is 1. The fraction of sp³-hybridized carbons (Fsp3) is 0.444. The van der Waals surface area contributed by atoms with E-state index in [9.17, 15) is 4.79 Å². The van der Waals surface area contributed by atoms with Crippen LogP contribution in [0.5, 0.6) is 0 Å². The van der Waals surface area contributed by atoms with E-state index in [1.807, 2.05) is 0 Å². The van der Waals surface area contributed by atoms with Crippen LogP contribution in [0.15, 0.2) is 16.5 Å². The molecule has 1 amide bonds. The van der Waals surface area contributed by atoms with Crippen molar-refractivity contribution in [1.82, 2.24) is 10.2 Å². The van der Waals surface area contributed by atoms with Gasteiger partial charge in [0.25, 0.3) is 5.91 Å². The molecule has 2 rings (SSSR count). The predicted octanol–water partition coefficient (Wildman–Crippen LogP) is 0.978. The number of furan rings is 1. The van der Waals surface area contributed by atoms with Gasteiger partial charge in [0, 0.05) is 26.2 Å². The number of carbonyl (C=O) groups excluding carboxylic acids is 1. The maximum atomic E-state index is 11.8. The number of hydrogen-bond acceptors (Lipinski definition) is 3. The van der Waals surface area contributed by atoms with Crippen LogP contribution in [0.2, 0.25) is 5.22 Å². The van der Waals surface area contributed by atoms with Gasteiger partial charge in [-0.25, -0.2) is 0 Å². The van der Waals surface area contributed by atoms with Gasteiger partial charge in [0.1, 0.15) is 0 Å². The zero-order valence-corrected chi connectivity index (χ0v) is 8.38. The van der Waals surface area contributed by atoms with Crippen LogP contribution in [-0.2, 0) is 0 Å². The molecule has 1 saturated heterocycles. The number of hydrogen-bond donors (Lipinski definition) is 1. The van der Waals surface area contributed by atoms with Gasteiger partial charge in [0.2, 0.25) is 0 Å². The van der Waals surface area contributed by atoms with Crippen molar-refractivity contribution >= 4 is 17.5 Å². The third kappa shape index (κ3) is 1.91. The minimum Gasteiger partial charge on any atom is -0.440 e. The largest absolute Gasteiger partial charge is 0.440 e. The summed E-state index contributed by atoms with van der Waals surface area (Å²) in [5, 5.41) is 3.43. The van der Waals surface area contributed by atoms with E-state index in [0.717, 1.165) is 26.2 Å². The summed E-state index contributed by atoms with van der Waals surface area (Å²) in [6.07, 6.45) is 0. The third-order valence-corrected chi connectivity index (χ3v) is 2.39. The Hall–Kier alpha value is -1.00. The van der Waals surface area contributed by atoms with Gasteiger partial charge in [0.05, 0.1) is 0 Å². The molecular weight excluding hydrogens is 204 g/mol. The molecule has 0 unspecified atom stereocenters. The smallest absolute Gasteiger partial charge is 0.289 e. The van der Waals surface area contributed by atoms with Gasteiger partial charge in [-0.15, -0.1) is 0 Å². The maximum Gasteiger partial charge on any atom is 0.289 e. The monoisotopic (exact) mass is 214 g/mol. The number of nitrogens with zero attached hydrogens (tertiary/aromatic N) is 1. The van der Waals surface area contributed by atoms with Crippen molar-refractivity contribution in [3.05, 3.63) is 23.1 Å². The first kappa shape index (κ1) is 9.55. The Morgan fingerprint density at radius 1 is 1.43 bits per heavy atom. The van der Waals surface area contributed by atoms with Crippen LogP contribution in [0.3, 0.4) is 0 Å². The van der Waals surface area contributed by atoms with Gasteiger partial charge in [-0.1, -0.05) is 0 Å². The molecule has 0 aromatic carbocycles. The number of halogens is 1. The highest BCUT2D eigenvalue weighted by Crippen LogP contribution is 2.15. The highest BCUT2D eigenvalue weighted by Gasteiger charge is 2.20. The van der Waals surface area contributed by atoms with Crippen molar-refractivity contribution in [2.24, 2.45) is 0 Å². The molecule has 0 atom stereocenters. The minimum absolute atomic E-state index is 0.0848. The molecule has 1 fully saturated rings. The molecule has 1 aromatic rings. The van der Waals surface area contributed by atoms with Crippen LogP contribution in [0.25, 0.3) is 0 Å². The lowest BCUT2D eigenvalue weighted by Gasteiger charge is -2.26. The molecule has 0 bridgehead atoms. The van der Waals surface area contributed by atoms with Crippen LogP contribution >= 0.6 is 11.6 Å². The molecule has 0 aliphatic carbocycles. The van der Waals surface area contributed by atoms with Crippen molar-refractivity contribution < 1.29 is 9.21 Å². The lowest BCUT2D eigenvalue weighted by atomic mass is 10.3. The topological polar surface area (TPSA) is 45.5 Å². The maximum absolute atomic E-state index is 11.8. The van der Waals surface area contributed by atoms with Crippen molar-refractivity contribution in [3.63, 3.8) is 0 Å². The van der Waals surface area contributed by atoms with Crippen molar-refractivity contribution in [3.8, 4) is 0 Å².